The molecule has 1 aliphatic carbocycles. The highest BCUT2D eigenvalue weighted by Gasteiger charge is 2.31. The predicted octanol–water partition coefficient (Wildman–Crippen LogP) is 2.29. The Morgan fingerprint density at radius 2 is 2.29 bits per heavy atom. The molecule has 1 saturated carbocycles. The van der Waals surface area contributed by atoms with Gasteiger partial charge in [-0.1, -0.05) is 13.3 Å². The Hall–Kier alpha value is -1.23. The standard InChI is InChI=1S/C12H19N3OS/c1-12(4-3-5-12)7-15-9-6-8(13)10(17-9)11(16)14-2/h6,15H,3-5,7,13H2,1-2H3,(H,14,16). The first-order valence-corrected chi connectivity index (χ1v) is 6.71. The number of anilines is 2. The summed E-state index contributed by atoms with van der Waals surface area (Å²) in [7, 11) is 1.62. The molecule has 0 aliphatic heterocycles. The highest BCUT2D eigenvalue weighted by molar-refractivity contribution is 7.18. The summed E-state index contributed by atoms with van der Waals surface area (Å²) >= 11 is 1.42. The number of hydrogen-bond donors (Lipinski definition) is 3. The van der Waals surface area contributed by atoms with Gasteiger partial charge in [0.15, 0.2) is 0 Å². The van der Waals surface area contributed by atoms with E-state index < -0.39 is 0 Å². The SMILES string of the molecule is CNC(=O)c1sc(NCC2(C)CCC2)cc1N. The van der Waals surface area contributed by atoms with Gasteiger partial charge in [-0.2, -0.15) is 0 Å². The molecule has 1 aliphatic rings. The number of carbonyl (C=O) groups excluding carboxylic acids is 1. The average molecular weight is 253 g/mol. The quantitative estimate of drug-likeness (QED) is 0.771. The van der Waals surface area contributed by atoms with Crippen molar-refractivity contribution in [3.8, 4) is 0 Å². The highest BCUT2D eigenvalue weighted by Crippen LogP contribution is 2.41. The molecule has 0 radical (unpaired) electrons. The van der Waals surface area contributed by atoms with Gasteiger partial charge in [0.1, 0.15) is 4.88 Å². The van der Waals surface area contributed by atoms with Gasteiger partial charge in [0.2, 0.25) is 0 Å². The van der Waals surface area contributed by atoms with E-state index in [1.165, 1.54) is 30.6 Å². The molecule has 17 heavy (non-hydrogen) atoms. The van der Waals surface area contributed by atoms with Crippen LogP contribution in [0.5, 0.6) is 0 Å². The Kier molecular flexibility index (Phi) is 3.28. The molecular weight excluding hydrogens is 234 g/mol. The van der Waals surface area contributed by atoms with Crippen LogP contribution in [0.1, 0.15) is 35.9 Å². The molecule has 5 heteroatoms. The second kappa shape index (κ2) is 4.56. The van der Waals surface area contributed by atoms with Gasteiger partial charge >= 0.3 is 0 Å². The van der Waals surface area contributed by atoms with Gasteiger partial charge in [-0.05, 0) is 24.3 Å². The Morgan fingerprint density at radius 1 is 1.59 bits per heavy atom. The molecule has 1 aromatic rings. The lowest BCUT2D eigenvalue weighted by atomic mass is 9.70. The Labute approximate surface area is 106 Å². The van der Waals surface area contributed by atoms with Crippen LogP contribution in [0.25, 0.3) is 0 Å². The van der Waals surface area contributed by atoms with Crippen molar-refractivity contribution in [2.75, 3.05) is 24.6 Å². The molecular formula is C12H19N3OS. The average Bonchev–Trinajstić information content (AvgIpc) is 2.64. The number of carbonyl (C=O) groups is 1. The molecule has 1 heterocycles. The van der Waals surface area contributed by atoms with Crippen LogP contribution in [0, 0.1) is 5.41 Å². The van der Waals surface area contributed by atoms with Crippen LogP contribution < -0.4 is 16.4 Å². The van der Waals surface area contributed by atoms with Gasteiger partial charge in [0.25, 0.3) is 5.91 Å². The number of amides is 1. The molecule has 1 aromatic heterocycles. The Balaban J connectivity index is 1.99. The molecule has 1 fully saturated rings. The number of rotatable bonds is 4. The molecule has 0 spiro atoms. The van der Waals surface area contributed by atoms with Crippen LogP contribution in [0.2, 0.25) is 0 Å². The van der Waals surface area contributed by atoms with E-state index in [1.807, 2.05) is 6.07 Å². The molecule has 1 amide bonds. The minimum Gasteiger partial charge on any atom is -0.397 e. The van der Waals surface area contributed by atoms with Crippen molar-refractivity contribution in [2.45, 2.75) is 26.2 Å². The maximum atomic E-state index is 11.5. The van der Waals surface area contributed by atoms with E-state index in [2.05, 4.69) is 17.6 Å². The summed E-state index contributed by atoms with van der Waals surface area (Å²) in [5.74, 6) is -0.115. The maximum Gasteiger partial charge on any atom is 0.263 e. The van der Waals surface area contributed by atoms with Crippen molar-refractivity contribution in [1.82, 2.24) is 5.32 Å². The van der Waals surface area contributed by atoms with Gasteiger partial charge in [0.05, 0.1) is 10.7 Å². The zero-order valence-electron chi connectivity index (χ0n) is 10.3. The summed E-state index contributed by atoms with van der Waals surface area (Å²) in [5, 5.41) is 6.96. The van der Waals surface area contributed by atoms with Gasteiger partial charge in [-0.15, -0.1) is 11.3 Å². The maximum absolute atomic E-state index is 11.5. The first-order chi connectivity index (χ1) is 8.04. The van der Waals surface area contributed by atoms with Crippen molar-refractivity contribution in [2.24, 2.45) is 5.41 Å². The van der Waals surface area contributed by atoms with Crippen LogP contribution in [0.15, 0.2) is 6.07 Å². The molecule has 0 unspecified atom stereocenters. The largest absolute Gasteiger partial charge is 0.397 e. The molecule has 4 N–H and O–H groups in total. The Morgan fingerprint density at radius 3 is 2.82 bits per heavy atom. The fourth-order valence-electron chi connectivity index (χ4n) is 2.04. The van der Waals surface area contributed by atoms with Crippen molar-refractivity contribution in [3.63, 3.8) is 0 Å². The van der Waals surface area contributed by atoms with Crippen molar-refractivity contribution in [3.05, 3.63) is 10.9 Å². The number of nitrogens with one attached hydrogen (secondary N) is 2. The van der Waals surface area contributed by atoms with E-state index in [0.717, 1.165) is 11.5 Å². The number of thiophene rings is 1. The fraction of sp³-hybridized carbons (Fsp3) is 0.583. The summed E-state index contributed by atoms with van der Waals surface area (Å²) in [4.78, 5) is 12.1. The number of nitrogen functional groups attached to an aromatic ring is 1. The monoisotopic (exact) mass is 253 g/mol. The predicted molar refractivity (Wildman–Crippen MR) is 72.6 cm³/mol. The second-order valence-corrected chi connectivity index (χ2v) is 6.04. The zero-order chi connectivity index (χ0) is 12.5. The van der Waals surface area contributed by atoms with Crippen LogP contribution in [0.3, 0.4) is 0 Å². The highest BCUT2D eigenvalue weighted by atomic mass is 32.1. The summed E-state index contributed by atoms with van der Waals surface area (Å²) in [6.07, 6.45) is 3.89. The number of hydrogen-bond acceptors (Lipinski definition) is 4. The van der Waals surface area contributed by atoms with Gasteiger partial charge in [0, 0.05) is 13.6 Å². The van der Waals surface area contributed by atoms with E-state index in [0.29, 0.717) is 16.0 Å². The fourth-order valence-corrected chi connectivity index (χ4v) is 2.96. The zero-order valence-corrected chi connectivity index (χ0v) is 11.1. The molecule has 0 bridgehead atoms. The van der Waals surface area contributed by atoms with E-state index >= 15 is 0 Å². The molecule has 2 rings (SSSR count). The Bertz CT molecular complexity index is 423. The molecule has 94 valence electrons. The van der Waals surface area contributed by atoms with Crippen molar-refractivity contribution in [1.29, 1.82) is 0 Å². The normalized spacial score (nSPS) is 17.3. The lowest BCUT2D eigenvalue weighted by molar-refractivity contribution is 0.0968. The van der Waals surface area contributed by atoms with Gasteiger partial charge in [-0.25, -0.2) is 0 Å². The van der Waals surface area contributed by atoms with Crippen LogP contribution >= 0.6 is 11.3 Å². The van der Waals surface area contributed by atoms with E-state index in [1.54, 1.807) is 7.05 Å². The molecule has 4 nitrogen and oxygen atoms in total. The molecule has 0 atom stereocenters. The third-order valence-corrected chi connectivity index (χ3v) is 4.55. The smallest absolute Gasteiger partial charge is 0.263 e. The second-order valence-electron chi connectivity index (χ2n) is 4.99. The lowest BCUT2D eigenvalue weighted by Crippen LogP contribution is -2.33. The first-order valence-electron chi connectivity index (χ1n) is 5.89. The molecule has 0 saturated heterocycles. The van der Waals surface area contributed by atoms with Gasteiger partial charge in [-0.3, -0.25) is 4.79 Å². The minimum atomic E-state index is -0.115. The van der Waals surface area contributed by atoms with Gasteiger partial charge < -0.3 is 16.4 Å². The first kappa shape index (κ1) is 12.2. The summed E-state index contributed by atoms with van der Waals surface area (Å²) < 4.78 is 0. The van der Waals surface area contributed by atoms with E-state index in [9.17, 15) is 4.79 Å². The third kappa shape index (κ3) is 2.54. The summed E-state index contributed by atoms with van der Waals surface area (Å²) in [6.45, 7) is 3.25. The van der Waals surface area contributed by atoms with Crippen LogP contribution in [-0.2, 0) is 0 Å². The van der Waals surface area contributed by atoms with Crippen LogP contribution in [0.4, 0.5) is 10.7 Å². The van der Waals surface area contributed by atoms with E-state index in [4.69, 9.17) is 5.73 Å². The van der Waals surface area contributed by atoms with Crippen molar-refractivity contribution >= 4 is 27.9 Å². The number of nitrogens with two attached hydrogens (primary N) is 1. The van der Waals surface area contributed by atoms with Crippen LogP contribution in [-0.4, -0.2) is 19.5 Å². The van der Waals surface area contributed by atoms with E-state index in [-0.39, 0.29) is 5.91 Å². The van der Waals surface area contributed by atoms with Crippen molar-refractivity contribution < 1.29 is 4.79 Å². The third-order valence-electron chi connectivity index (χ3n) is 3.44. The minimum absolute atomic E-state index is 0.115. The topological polar surface area (TPSA) is 67.2 Å². The summed E-state index contributed by atoms with van der Waals surface area (Å²) in [5.41, 5.74) is 6.79. The molecule has 0 aromatic carbocycles. The lowest BCUT2D eigenvalue weighted by Gasteiger charge is -2.38. The summed E-state index contributed by atoms with van der Waals surface area (Å²) in [6, 6.07) is 1.84.